The largest absolute Gasteiger partial charge is 0.301 e. The summed E-state index contributed by atoms with van der Waals surface area (Å²) in [6, 6.07) is 0.639. The van der Waals surface area contributed by atoms with Crippen LogP contribution in [0.15, 0.2) is 0 Å². The summed E-state index contributed by atoms with van der Waals surface area (Å²) in [5.41, 5.74) is 0.258. The van der Waals surface area contributed by atoms with Crippen LogP contribution in [0.4, 0.5) is 0 Å². The van der Waals surface area contributed by atoms with Gasteiger partial charge in [-0.05, 0) is 37.9 Å². The summed E-state index contributed by atoms with van der Waals surface area (Å²) in [5, 5.41) is 7.52. The lowest BCUT2D eigenvalue weighted by Crippen LogP contribution is -2.29. The fourth-order valence-electron chi connectivity index (χ4n) is 2.96. The molecule has 88 valence electrons. The molecule has 3 nitrogen and oxygen atoms in total. The quantitative estimate of drug-likeness (QED) is 0.799. The zero-order chi connectivity index (χ0) is 11.2. The molecule has 0 amide bonds. The van der Waals surface area contributed by atoms with Gasteiger partial charge >= 0.3 is 0 Å². The molecule has 3 rings (SSSR count). The standard InChI is InChI=1S/C12H19N3S/c1-12(7-3-2-4-8-12)10-13-14-11(16)15(10)9-5-6-9/h9H,2-8H2,1H3,(H,14,16). The van der Waals surface area contributed by atoms with Gasteiger partial charge in [-0.15, -0.1) is 0 Å². The maximum Gasteiger partial charge on any atom is 0.195 e. The smallest absolute Gasteiger partial charge is 0.195 e. The van der Waals surface area contributed by atoms with Gasteiger partial charge < -0.3 is 4.57 Å². The Bertz CT molecular complexity index is 435. The van der Waals surface area contributed by atoms with E-state index in [1.165, 1.54) is 50.8 Å². The highest BCUT2D eigenvalue weighted by molar-refractivity contribution is 7.71. The maximum atomic E-state index is 5.35. The third kappa shape index (κ3) is 1.63. The van der Waals surface area contributed by atoms with Crippen LogP contribution >= 0.6 is 12.2 Å². The minimum absolute atomic E-state index is 0.258. The van der Waals surface area contributed by atoms with Gasteiger partial charge in [0.1, 0.15) is 5.82 Å². The average Bonchev–Trinajstić information content (AvgIpc) is 3.03. The molecule has 2 aliphatic rings. The van der Waals surface area contributed by atoms with E-state index in [4.69, 9.17) is 12.2 Å². The lowest BCUT2D eigenvalue weighted by atomic mass is 9.75. The SMILES string of the molecule is CC1(c2n[nH]c(=S)n2C2CC2)CCCCC1. The number of aromatic nitrogens is 3. The second-order valence-electron chi connectivity index (χ2n) is 5.57. The summed E-state index contributed by atoms with van der Waals surface area (Å²) in [5.74, 6) is 1.22. The van der Waals surface area contributed by atoms with Crippen molar-refractivity contribution in [1.29, 1.82) is 0 Å². The van der Waals surface area contributed by atoms with E-state index in [2.05, 4.69) is 21.7 Å². The van der Waals surface area contributed by atoms with Crippen LogP contribution in [-0.2, 0) is 5.41 Å². The maximum absolute atomic E-state index is 5.35. The van der Waals surface area contributed by atoms with E-state index in [0.29, 0.717) is 6.04 Å². The molecule has 0 bridgehead atoms. The van der Waals surface area contributed by atoms with Gasteiger partial charge in [-0.25, -0.2) is 0 Å². The van der Waals surface area contributed by atoms with Crippen molar-refractivity contribution in [2.24, 2.45) is 0 Å². The van der Waals surface area contributed by atoms with Crippen molar-refractivity contribution in [2.45, 2.75) is 63.3 Å². The highest BCUT2D eigenvalue weighted by Gasteiger charge is 2.37. The molecule has 0 aliphatic heterocycles. The van der Waals surface area contributed by atoms with Crippen LogP contribution in [0.3, 0.4) is 0 Å². The van der Waals surface area contributed by atoms with Gasteiger partial charge in [-0.2, -0.15) is 5.10 Å². The van der Waals surface area contributed by atoms with E-state index >= 15 is 0 Å². The second kappa shape index (κ2) is 3.69. The van der Waals surface area contributed by atoms with Gasteiger partial charge in [-0.1, -0.05) is 26.2 Å². The Balaban J connectivity index is 2.01. The van der Waals surface area contributed by atoms with Gasteiger partial charge in [0.15, 0.2) is 4.77 Å². The predicted octanol–water partition coefficient (Wildman–Crippen LogP) is 3.50. The number of nitrogens with zero attached hydrogens (tertiary/aromatic N) is 2. The Kier molecular flexibility index (Phi) is 2.42. The van der Waals surface area contributed by atoms with Crippen molar-refractivity contribution in [3.05, 3.63) is 10.6 Å². The third-order valence-corrected chi connectivity index (χ3v) is 4.40. The van der Waals surface area contributed by atoms with E-state index in [-0.39, 0.29) is 5.41 Å². The van der Waals surface area contributed by atoms with Crippen LogP contribution in [0.1, 0.15) is 63.7 Å². The Morgan fingerprint density at radius 2 is 2.00 bits per heavy atom. The van der Waals surface area contributed by atoms with Crippen LogP contribution in [0.5, 0.6) is 0 Å². The molecule has 1 heterocycles. The average molecular weight is 237 g/mol. The number of nitrogens with one attached hydrogen (secondary N) is 1. The van der Waals surface area contributed by atoms with E-state index < -0.39 is 0 Å². The molecule has 0 spiro atoms. The molecular weight excluding hydrogens is 218 g/mol. The van der Waals surface area contributed by atoms with Crippen molar-refractivity contribution in [3.8, 4) is 0 Å². The highest BCUT2D eigenvalue weighted by Crippen LogP contribution is 2.43. The van der Waals surface area contributed by atoms with Crippen LogP contribution in [0.25, 0.3) is 0 Å². The first-order chi connectivity index (χ1) is 7.71. The number of aromatic amines is 1. The third-order valence-electron chi connectivity index (χ3n) is 4.11. The second-order valence-corrected chi connectivity index (χ2v) is 5.96. The zero-order valence-electron chi connectivity index (χ0n) is 9.83. The van der Waals surface area contributed by atoms with Gasteiger partial charge in [-0.3, -0.25) is 5.10 Å². The highest BCUT2D eigenvalue weighted by atomic mass is 32.1. The minimum atomic E-state index is 0.258. The Labute approximate surface area is 101 Å². The van der Waals surface area contributed by atoms with Gasteiger partial charge in [0.25, 0.3) is 0 Å². The first-order valence-corrected chi connectivity index (χ1v) is 6.79. The lowest BCUT2D eigenvalue weighted by Gasteiger charge is -2.32. The molecule has 0 saturated heterocycles. The summed E-state index contributed by atoms with van der Waals surface area (Å²) in [4.78, 5) is 0. The number of hydrogen-bond donors (Lipinski definition) is 1. The number of rotatable bonds is 2. The molecule has 1 aromatic rings. The molecule has 0 unspecified atom stereocenters. The zero-order valence-corrected chi connectivity index (χ0v) is 10.6. The summed E-state index contributed by atoms with van der Waals surface area (Å²) in [7, 11) is 0. The minimum Gasteiger partial charge on any atom is -0.301 e. The molecular formula is C12H19N3S. The fraction of sp³-hybridized carbons (Fsp3) is 0.833. The topological polar surface area (TPSA) is 33.6 Å². The summed E-state index contributed by atoms with van der Waals surface area (Å²) >= 11 is 5.35. The predicted molar refractivity (Wildman–Crippen MR) is 66.1 cm³/mol. The summed E-state index contributed by atoms with van der Waals surface area (Å²) in [6.07, 6.45) is 9.12. The van der Waals surface area contributed by atoms with Crippen molar-refractivity contribution in [1.82, 2.24) is 14.8 Å². The van der Waals surface area contributed by atoms with E-state index in [1.807, 2.05) is 0 Å². The molecule has 1 N–H and O–H groups in total. The van der Waals surface area contributed by atoms with Crippen molar-refractivity contribution >= 4 is 12.2 Å². The molecule has 2 saturated carbocycles. The Hall–Kier alpha value is -0.640. The van der Waals surface area contributed by atoms with Crippen molar-refractivity contribution in [2.75, 3.05) is 0 Å². The van der Waals surface area contributed by atoms with Crippen LogP contribution in [0, 0.1) is 4.77 Å². The molecule has 0 aromatic carbocycles. The Morgan fingerprint density at radius 3 is 2.62 bits per heavy atom. The van der Waals surface area contributed by atoms with E-state index in [9.17, 15) is 0 Å². The molecule has 0 radical (unpaired) electrons. The molecule has 4 heteroatoms. The Morgan fingerprint density at radius 1 is 1.31 bits per heavy atom. The first kappa shape index (κ1) is 10.5. The van der Waals surface area contributed by atoms with Gasteiger partial charge in [0.2, 0.25) is 0 Å². The molecule has 16 heavy (non-hydrogen) atoms. The van der Waals surface area contributed by atoms with Gasteiger partial charge in [0.05, 0.1) is 0 Å². The van der Waals surface area contributed by atoms with Crippen molar-refractivity contribution < 1.29 is 0 Å². The summed E-state index contributed by atoms with van der Waals surface area (Å²) in [6.45, 7) is 2.36. The van der Waals surface area contributed by atoms with Gasteiger partial charge in [0, 0.05) is 11.5 Å². The van der Waals surface area contributed by atoms with E-state index in [1.54, 1.807) is 0 Å². The van der Waals surface area contributed by atoms with Crippen LogP contribution < -0.4 is 0 Å². The molecule has 2 fully saturated rings. The lowest BCUT2D eigenvalue weighted by molar-refractivity contribution is 0.293. The number of H-pyrrole nitrogens is 1. The number of hydrogen-bond acceptors (Lipinski definition) is 2. The normalized spacial score (nSPS) is 24.6. The van der Waals surface area contributed by atoms with Crippen LogP contribution in [0.2, 0.25) is 0 Å². The van der Waals surface area contributed by atoms with Crippen molar-refractivity contribution in [3.63, 3.8) is 0 Å². The molecule has 2 aliphatic carbocycles. The van der Waals surface area contributed by atoms with E-state index in [0.717, 1.165) is 4.77 Å². The fourth-order valence-corrected chi connectivity index (χ4v) is 3.24. The molecule has 0 atom stereocenters. The molecule has 1 aromatic heterocycles. The monoisotopic (exact) mass is 237 g/mol. The van der Waals surface area contributed by atoms with Crippen LogP contribution in [-0.4, -0.2) is 14.8 Å². The first-order valence-electron chi connectivity index (χ1n) is 6.38. The summed E-state index contributed by atoms with van der Waals surface area (Å²) < 4.78 is 3.12.